The SMILES string of the molecule is CCC(C)(C)CNCCN1CCN(C)CC1.[HH]. The molecular formula is C13H31N3. The molecule has 1 aliphatic rings. The van der Waals surface area contributed by atoms with E-state index in [4.69, 9.17) is 0 Å². The van der Waals surface area contributed by atoms with E-state index >= 15 is 0 Å². The lowest BCUT2D eigenvalue weighted by molar-refractivity contribution is 0.153. The molecule has 0 aliphatic carbocycles. The molecule has 0 aromatic rings. The van der Waals surface area contributed by atoms with E-state index in [9.17, 15) is 0 Å². The Hall–Kier alpha value is -0.120. The molecule has 1 aliphatic heterocycles. The molecule has 3 heteroatoms. The van der Waals surface area contributed by atoms with Crippen LogP contribution in [0.1, 0.15) is 28.6 Å². The van der Waals surface area contributed by atoms with E-state index < -0.39 is 0 Å². The van der Waals surface area contributed by atoms with Crippen molar-refractivity contribution in [3.8, 4) is 0 Å². The zero-order chi connectivity index (χ0) is 12.0. The van der Waals surface area contributed by atoms with Gasteiger partial charge in [0.05, 0.1) is 0 Å². The molecule has 1 N–H and O–H groups in total. The minimum atomic E-state index is 0. The first-order valence-electron chi connectivity index (χ1n) is 6.65. The Morgan fingerprint density at radius 2 is 1.81 bits per heavy atom. The second-order valence-corrected chi connectivity index (χ2v) is 5.84. The number of piperazine rings is 1. The summed E-state index contributed by atoms with van der Waals surface area (Å²) in [6, 6.07) is 0. The first-order valence-corrected chi connectivity index (χ1v) is 6.65. The lowest BCUT2D eigenvalue weighted by Gasteiger charge is -2.32. The predicted molar refractivity (Wildman–Crippen MR) is 73.0 cm³/mol. The van der Waals surface area contributed by atoms with Gasteiger partial charge in [-0.2, -0.15) is 0 Å². The molecule has 0 radical (unpaired) electrons. The molecule has 0 aromatic carbocycles. The minimum Gasteiger partial charge on any atom is -0.315 e. The zero-order valence-electron chi connectivity index (χ0n) is 11.6. The second-order valence-electron chi connectivity index (χ2n) is 5.84. The summed E-state index contributed by atoms with van der Waals surface area (Å²) < 4.78 is 0. The van der Waals surface area contributed by atoms with Crippen molar-refractivity contribution in [2.24, 2.45) is 5.41 Å². The average molecular weight is 229 g/mol. The summed E-state index contributed by atoms with van der Waals surface area (Å²) in [5.74, 6) is 0. The van der Waals surface area contributed by atoms with Crippen LogP contribution in [0.4, 0.5) is 0 Å². The quantitative estimate of drug-likeness (QED) is 0.697. The summed E-state index contributed by atoms with van der Waals surface area (Å²) in [6.07, 6.45) is 1.24. The monoisotopic (exact) mass is 229 g/mol. The van der Waals surface area contributed by atoms with E-state index in [0.29, 0.717) is 5.41 Å². The lowest BCUT2D eigenvalue weighted by Crippen LogP contribution is -2.47. The lowest BCUT2D eigenvalue weighted by atomic mass is 9.90. The molecule has 0 unspecified atom stereocenters. The molecule has 3 nitrogen and oxygen atoms in total. The fraction of sp³-hybridized carbons (Fsp3) is 1.00. The van der Waals surface area contributed by atoms with Crippen LogP contribution in [0.3, 0.4) is 0 Å². The number of nitrogens with zero attached hydrogens (tertiary/aromatic N) is 2. The number of nitrogens with one attached hydrogen (secondary N) is 1. The van der Waals surface area contributed by atoms with Crippen molar-refractivity contribution in [2.75, 3.05) is 52.9 Å². The topological polar surface area (TPSA) is 18.5 Å². The van der Waals surface area contributed by atoms with Crippen LogP contribution in [-0.4, -0.2) is 62.7 Å². The fourth-order valence-electron chi connectivity index (χ4n) is 1.86. The normalized spacial score (nSPS) is 20.2. The highest BCUT2D eigenvalue weighted by molar-refractivity contribution is 4.72. The third kappa shape index (κ3) is 5.28. The molecule has 16 heavy (non-hydrogen) atoms. The van der Waals surface area contributed by atoms with Crippen molar-refractivity contribution in [1.29, 1.82) is 0 Å². The van der Waals surface area contributed by atoms with Gasteiger partial charge >= 0.3 is 0 Å². The van der Waals surface area contributed by atoms with Crippen molar-refractivity contribution in [2.45, 2.75) is 27.2 Å². The maximum Gasteiger partial charge on any atom is 0.0110 e. The highest BCUT2D eigenvalue weighted by Crippen LogP contribution is 2.17. The fourth-order valence-corrected chi connectivity index (χ4v) is 1.86. The van der Waals surface area contributed by atoms with Crippen molar-refractivity contribution >= 4 is 0 Å². The standard InChI is InChI=1S/C13H29N3.H2/c1-5-13(2,3)12-14-6-7-16-10-8-15(4)9-11-16;/h14H,5-12H2,1-4H3;1H. The number of hydrogen-bond acceptors (Lipinski definition) is 3. The summed E-state index contributed by atoms with van der Waals surface area (Å²) in [5, 5.41) is 3.58. The third-order valence-electron chi connectivity index (χ3n) is 3.76. The smallest absolute Gasteiger partial charge is 0.0110 e. The summed E-state index contributed by atoms with van der Waals surface area (Å²) in [5.41, 5.74) is 0.447. The van der Waals surface area contributed by atoms with Gasteiger partial charge in [-0.05, 0) is 18.9 Å². The van der Waals surface area contributed by atoms with E-state index in [-0.39, 0.29) is 1.43 Å². The first-order chi connectivity index (χ1) is 7.53. The average Bonchev–Trinajstić information content (AvgIpc) is 2.27. The molecular weight excluding hydrogens is 198 g/mol. The van der Waals surface area contributed by atoms with Crippen molar-refractivity contribution in [3.05, 3.63) is 0 Å². The van der Waals surface area contributed by atoms with Gasteiger partial charge in [0.1, 0.15) is 0 Å². The Balaban J connectivity index is 0.00000256. The van der Waals surface area contributed by atoms with Gasteiger partial charge in [0.15, 0.2) is 0 Å². The molecule has 0 amide bonds. The van der Waals surface area contributed by atoms with Crippen LogP contribution in [0, 0.1) is 5.41 Å². The summed E-state index contributed by atoms with van der Waals surface area (Å²) in [4.78, 5) is 4.97. The second kappa shape index (κ2) is 6.58. The van der Waals surface area contributed by atoms with Gasteiger partial charge < -0.3 is 10.2 Å². The van der Waals surface area contributed by atoms with Gasteiger partial charge in [-0.25, -0.2) is 0 Å². The Bertz CT molecular complexity index is 189. The van der Waals surface area contributed by atoms with Crippen molar-refractivity contribution in [1.82, 2.24) is 15.1 Å². The van der Waals surface area contributed by atoms with Crippen LogP contribution >= 0.6 is 0 Å². The van der Waals surface area contributed by atoms with Gasteiger partial charge in [-0.3, -0.25) is 4.90 Å². The van der Waals surface area contributed by atoms with Gasteiger partial charge in [-0.1, -0.05) is 20.8 Å². The van der Waals surface area contributed by atoms with Gasteiger partial charge in [0.2, 0.25) is 0 Å². The summed E-state index contributed by atoms with van der Waals surface area (Å²) >= 11 is 0. The van der Waals surface area contributed by atoms with E-state index in [2.05, 4.69) is 42.9 Å². The minimum absolute atomic E-state index is 0. The molecule has 0 bridgehead atoms. The Morgan fingerprint density at radius 3 is 2.38 bits per heavy atom. The maximum atomic E-state index is 3.58. The first kappa shape index (κ1) is 13.9. The maximum absolute atomic E-state index is 3.58. The van der Waals surface area contributed by atoms with Crippen molar-refractivity contribution < 1.29 is 1.43 Å². The number of likely N-dealkylation sites (N-methyl/N-ethyl adjacent to an activating group) is 1. The highest BCUT2D eigenvalue weighted by Gasteiger charge is 2.15. The van der Waals surface area contributed by atoms with E-state index in [1.54, 1.807) is 0 Å². The van der Waals surface area contributed by atoms with Crippen LogP contribution in [0.25, 0.3) is 0 Å². The van der Waals surface area contributed by atoms with Crippen LogP contribution in [0.2, 0.25) is 0 Å². The number of rotatable bonds is 6. The van der Waals surface area contributed by atoms with E-state index in [0.717, 1.165) is 13.1 Å². The highest BCUT2D eigenvalue weighted by atomic mass is 15.2. The van der Waals surface area contributed by atoms with Crippen molar-refractivity contribution in [3.63, 3.8) is 0 Å². The predicted octanol–water partition coefficient (Wildman–Crippen LogP) is 1.51. The molecule has 1 heterocycles. The third-order valence-corrected chi connectivity index (χ3v) is 3.76. The zero-order valence-corrected chi connectivity index (χ0v) is 11.6. The molecule has 1 rings (SSSR count). The molecule has 1 fully saturated rings. The summed E-state index contributed by atoms with van der Waals surface area (Å²) in [7, 11) is 2.21. The molecule has 98 valence electrons. The van der Waals surface area contributed by atoms with Gasteiger partial charge in [-0.15, -0.1) is 0 Å². The Morgan fingerprint density at radius 1 is 1.19 bits per heavy atom. The van der Waals surface area contributed by atoms with Crippen LogP contribution in [0.5, 0.6) is 0 Å². The Kier molecular flexibility index (Phi) is 5.73. The molecule has 0 aromatic heterocycles. The van der Waals surface area contributed by atoms with E-state index in [1.807, 2.05) is 0 Å². The molecule has 0 saturated carbocycles. The van der Waals surface area contributed by atoms with Gasteiger partial charge in [0, 0.05) is 47.2 Å². The molecule has 0 atom stereocenters. The van der Waals surface area contributed by atoms with Gasteiger partial charge in [0.25, 0.3) is 0 Å². The van der Waals surface area contributed by atoms with Crippen LogP contribution in [0.15, 0.2) is 0 Å². The van der Waals surface area contributed by atoms with Crippen LogP contribution in [-0.2, 0) is 0 Å². The van der Waals surface area contributed by atoms with Crippen LogP contribution < -0.4 is 5.32 Å². The molecule has 1 saturated heterocycles. The molecule has 0 spiro atoms. The summed E-state index contributed by atoms with van der Waals surface area (Å²) in [6.45, 7) is 15.3. The largest absolute Gasteiger partial charge is 0.315 e. The van der Waals surface area contributed by atoms with E-state index in [1.165, 1.54) is 39.1 Å². The Labute approximate surface area is 103 Å². The number of hydrogen-bond donors (Lipinski definition) is 1.